The molecule has 0 fully saturated rings. The standard InChI is InChI=1S/C18H30O/c1-5-19-18-13-9-8-12-17(18)11-7-6-10-16(4)14-15(2)3/h8-9,12-13,15-16H,5-7,10-11,14H2,1-4H3. The topological polar surface area (TPSA) is 9.23 Å². The third-order valence-corrected chi connectivity index (χ3v) is 3.54. The lowest BCUT2D eigenvalue weighted by Gasteiger charge is -2.14. The Morgan fingerprint density at radius 2 is 1.79 bits per heavy atom. The smallest absolute Gasteiger partial charge is 0.122 e. The molecule has 0 aliphatic rings. The zero-order chi connectivity index (χ0) is 14.1. The first kappa shape index (κ1) is 16.1. The number of para-hydroxylation sites is 1. The maximum atomic E-state index is 5.67. The minimum atomic E-state index is 0.752. The number of rotatable bonds is 9. The molecule has 0 heterocycles. The number of hydrogen-bond donors (Lipinski definition) is 0. The predicted molar refractivity (Wildman–Crippen MR) is 83.8 cm³/mol. The Morgan fingerprint density at radius 3 is 2.47 bits per heavy atom. The number of hydrogen-bond acceptors (Lipinski definition) is 1. The molecule has 0 amide bonds. The molecule has 1 unspecified atom stereocenters. The largest absolute Gasteiger partial charge is 0.494 e. The molecule has 0 aliphatic heterocycles. The summed E-state index contributed by atoms with van der Waals surface area (Å²) in [6.07, 6.45) is 6.45. The molecule has 108 valence electrons. The normalized spacial score (nSPS) is 12.7. The van der Waals surface area contributed by atoms with Gasteiger partial charge in [-0.05, 0) is 49.7 Å². The van der Waals surface area contributed by atoms with Crippen LogP contribution in [0.2, 0.25) is 0 Å². The van der Waals surface area contributed by atoms with Crippen LogP contribution in [0.5, 0.6) is 5.75 Å². The summed E-state index contributed by atoms with van der Waals surface area (Å²) in [5, 5.41) is 0. The van der Waals surface area contributed by atoms with Crippen molar-refractivity contribution in [3.05, 3.63) is 29.8 Å². The van der Waals surface area contributed by atoms with Crippen LogP contribution in [0.4, 0.5) is 0 Å². The fourth-order valence-corrected chi connectivity index (χ4v) is 2.74. The fraction of sp³-hybridized carbons (Fsp3) is 0.667. The Kier molecular flexibility index (Phi) is 7.62. The van der Waals surface area contributed by atoms with Crippen LogP contribution in [-0.2, 0) is 6.42 Å². The Morgan fingerprint density at radius 1 is 1.05 bits per heavy atom. The van der Waals surface area contributed by atoms with E-state index in [2.05, 4.69) is 45.0 Å². The fourth-order valence-electron chi connectivity index (χ4n) is 2.74. The summed E-state index contributed by atoms with van der Waals surface area (Å²) in [6, 6.07) is 8.45. The van der Waals surface area contributed by atoms with E-state index in [-0.39, 0.29) is 0 Å². The van der Waals surface area contributed by atoms with E-state index in [1.165, 1.54) is 31.2 Å². The van der Waals surface area contributed by atoms with E-state index in [0.29, 0.717) is 0 Å². The summed E-state index contributed by atoms with van der Waals surface area (Å²) in [6.45, 7) is 9.81. The second-order valence-corrected chi connectivity index (χ2v) is 6.02. The molecule has 19 heavy (non-hydrogen) atoms. The van der Waals surface area contributed by atoms with Crippen molar-refractivity contribution < 1.29 is 4.74 Å². The van der Waals surface area contributed by atoms with Gasteiger partial charge in [0.05, 0.1) is 6.61 Å². The van der Waals surface area contributed by atoms with Crippen LogP contribution in [0.25, 0.3) is 0 Å². The summed E-state index contributed by atoms with van der Waals surface area (Å²) >= 11 is 0. The number of unbranched alkanes of at least 4 members (excludes halogenated alkanes) is 1. The molecule has 0 spiro atoms. The van der Waals surface area contributed by atoms with Gasteiger partial charge in [0, 0.05) is 0 Å². The molecule has 1 aromatic rings. The van der Waals surface area contributed by atoms with Crippen molar-refractivity contribution in [2.24, 2.45) is 11.8 Å². The lowest BCUT2D eigenvalue weighted by atomic mass is 9.93. The number of aryl methyl sites for hydroxylation is 1. The van der Waals surface area contributed by atoms with E-state index >= 15 is 0 Å². The lowest BCUT2D eigenvalue weighted by molar-refractivity contribution is 0.335. The molecule has 0 aromatic heterocycles. The zero-order valence-corrected chi connectivity index (χ0v) is 13.1. The highest BCUT2D eigenvalue weighted by Crippen LogP contribution is 2.22. The molecular formula is C18H30O. The van der Waals surface area contributed by atoms with Gasteiger partial charge in [-0.15, -0.1) is 0 Å². The van der Waals surface area contributed by atoms with Crippen LogP contribution in [0, 0.1) is 11.8 Å². The van der Waals surface area contributed by atoms with Crippen LogP contribution in [0.15, 0.2) is 24.3 Å². The number of ether oxygens (including phenoxy) is 1. The Hall–Kier alpha value is -0.980. The third-order valence-electron chi connectivity index (χ3n) is 3.54. The van der Waals surface area contributed by atoms with Gasteiger partial charge in [0.1, 0.15) is 5.75 Å². The van der Waals surface area contributed by atoms with Crippen molar-refractivity contribution in [1.29, 1.82) is 0 Å². The van der Waals surface area contributed by atoms with E-state index in [1.54, 1.807) is 0 Å². The molecule has 0 saturated carbocycles. The van der Waals surface area contributed by atoms with Gasteiger partial charge in [0.25, 0.3) is 0 Å². The summed E-state index contributed by atoms with van der Waals surface area (Å²) < 4.78 is 5.67. The van der Waals surface area contributed by atoms with Crippen molar-refractivity contribution in [2.75, 3.05) is 6.61 Å². The average Bonchev–Trinajstić information content (AvgIpc) is 2.36. The van der Waals surface area contributed by atoms with Gasteiger partial charge < -0.3 is 4.74 Å². The van der Waals surface area contributed by atoms with Crippen molar-refractivity contribution in [3.63, 3.8) is 0 Å². The summed E-state index contributed by atoms with van der Waals surface area (Å²) in [7, 11) is 0. The minimum absolute atomic E-state index is 0.752. The average molecular weight is 262 g/mol. The Balaban J connectivity index is 2.29. The van der Waals surface area contributed by atoms with Gasteiger partial charge in [0.2, 0.25) is 0 Å². The SMILES string of the molecule is CCOc1ccccc1CCCCC(C)CC(C)C. The van der Waals surface area contributed by atoms with Gasteiger partial charge in [-0.3, -0.25) is 0 Å². The van der Waals surface area contributed by atoms with E-state index in [1.807, 2.05) is 6.92 Å². The first-order valence-electron chi connectivity index (χ1n) is 7.84. The summed E-state index contributed by atoms with van der Waals surface area (Å²) in [4.78, 5) is 0. The van der Waals surface area contributed by atoms with Crippen LogP contribution < -0.4 is 4.74 Å². The summed E-state index contributed by atoms with van der Waals surface area (Å²) in [5.74, 6) is 2.76. The van der Waals surface area contributed by atoms with E-state index in [4.69, 9.17) is 4.74 Å². The highest BCUT2D eigenvalue weighted by Gasteiger charge is 2.06. The predicted octanol–water partition coefficient (Wildman–Crippen LogP) is 5.48. The van der Waals surface area contributed by atoms with Gasteiger partial charge >= 0.3 is 0 Å². The summed E-state index contributed by atoms with van der Waals surface area (Å²) in [5.41, 5.74) is 1.36. The molecule has 1 rings (SSSR count). The van der Waals surface area contributed by atoms with Crippen molar-refractivity contribution in [1.82, 2.24) is 0 Å². The molecular weight excluding hydrogens is 232 g/mol. The quantitative estimate of drug-likeness (QED) is 0.535. The Labute approximate surface area is 119 Å². The maximum absolute atomic E-state index is 5.67. The van der Waals surface area contributed by atoms with Gasteiger partial charge in [-0.1, -0.05) is 51.8 Å². The van der Waals surface area contributed by atoms with Crippen molar-refractivity contribution >= 4 is 0 Å². The van der Waals surface area contributed by atoms with E-state index in [9.17, 15) is 0 Å². The highest BCUT2D eigenvalue weighted by atomic mass is 16.5. The van der Waals surface area contributed by atoms with E-state index in [0.717, 1.165) is 30.6 Å². The monoisotopic (exact) mass is 262 g/mol. The second-order valence-electron chi connectivity index (χ2n) is 6.02. The van der Waals surface area contributed by atoms with Crippen LogP contribution in [0.3, 0.4) is 0 Å². The van der Waals surface area contributed by atoms with Crippen molar-refractivity contribution in [2.45, 2.75) is 59.8 Å². The van der Waals surface area contributed by atoms with Crippen LogP contribution >= 0.6 is 0 Å². The van der Waals surface area contributed by atoms with Crippen molar-refractivity contribution in [3.8, 4) is 5.75 Å². The molecule has 0 saturated heterocycles. The van der Waals surface area contributed by atoms with E-state index < -0.39 is 0 Å². The number of benzene rings is 1. The third kappa shape index (κ3) is 6.66. The molecule has 0 aliphatic carbocycles. The second kappa shape index (κ2) is 9.01. The molecule has 1 nitrogen and oxygen atoms in total. The highest BCUT2D eigenvalue weighted by molar-refractivity contribution is 5.33. The van der Waals surface area contributed by atoms with Crippen LogP contribution in [-0.4, -0.2) is 6.61 Å². The first-order chi connectivity index (χ1) is 9.13. The first-order valence-corrected chi connectivity index (χ1v) is 7.84. The molecule has 1 aromatic carbocycles. The zero-order valence-electron chi connectivity index (χ0n) is 13.1. The van der Waals surface area contributed by atoms with Gasteiger partial charge in [-0.25, -0.2) is 0 Å². The lowest BCUT2D eigenvalue weighted by Crippen LogP contribution is -2.01. The molecule has 1 atom stereocenters. The van der Waals surface area contributed by atoms with Crippen LogP contribution in [0.1, 0.15) is 58.9 Å². The Bertz CT molecular complexity index is 343. The molecule has 0 bridgehead atoms. The molecule has 0 radical (unpaired) electrons. The molecule has 1 heteroatoms. The van der Waals surface area contributed by atoms with Gasteiger partial charge in [0.15, 0.2) is 0 Å². The minimum Gasteiger partial charge on any atom is -0.494 e. The molecule has 0 N–H and O–H groups in total. The van der Waals surface area contributed by atoms with Gasteiger partial charge in [-0.2, -0.15) is 0 Å². The maximum Gasteiger partial charge on any atom is 0.122 e.